The highest BCUT2D eigenvalue weighted by Crippen LogP contribution is 2.35. The minimum absolute atomic E-state index is 0.0545. The highest BCUT2D eigenvalue weighted by molar-refractivity contribution is 7.89. The number of likely N-dealkylation sites (N-methyl/N-ethyl adjacent to an activating group) is 1. The van der Waals surface area contributed by atoms with Gasteiger partial charge in [0.1, 0.15) is 11.9 Å². The normalized spacial score (nSPS) is 17.4. The molecule has 12 heteroatoms. The number of nitrogens with one attached hydrogen (secondary N) is 2. The first-order valence-electron chi connectivity index (χ1n) is 14.9. The Morgan fingerprint density at radius 3 is 2.39 bits per heavy atom. The number of amides is 3. The number of sulfonamides is 1. The second kappa shape index (κ2) is 13.8. The summed E-state index contributed by atoms with van der Waals surface area (Å²) in [6.45, 7) is 3.48. The van der Waals surface area contributed by atoms with Crippen molar-refractivity contribution in [1.82, 2.24) is 9.21 Å². The van der Waals surface area contributed by atoms with E-state index in [1.165, 1.54) is 30.6 Å². The lowest BCUT2D eigenvalue weighted by molar-refractivity contribution is 0.0389. The van der Waals surface area contributed by atoms with E-state index in [4.69, 9.17) is 9.47 Å². The average molecular weight is 647 g/mol. The molecule has 242 valence electrons. The average Bonchev–Trinajstić information content (AvgIpc) is 3.06. The molecule has 0 spiro atoms. The topological polar surface area (TPSA) is 138 Å². The van der Waals surface area contributed by atoms with E-state index in [1.54, 1.807) is 48.2 Å². The summed E-state index contributed by atoms with van der Waals surface area (Å²) >= 11 is 0. The van der Waals surface area contributed by atoms with Crippen molar-refractivity contribution in [3.63, 3.8) is 0 Å². The van der Waals surface area contributed by atoms with E-state index in [-0.39, 0.29) is 53.4 Å². The zero-order valence-corrected chi connectivity index (χ0v) is 27.0. The van der Waals surface area contributed by atoms with Gasteiger partial charge in [-0.3, -0.25) is 4.79 Å². The Balaban J connectivity index is 1.47. The van der Waals surface area contributed by atoms with Gasteiger partial charge in [0.05, 0.1) is 48.1 Å². The molecule has 1 heterocycles. The third kappa shape index (κ3) is 6.79. The van der Waals surface area contributed by atoms with Crippen molar-refractivity contribution in [3.8, 4) is 11.5 Å². The Hall–Kier alpha value is -4.65. The van der Waals surface area contributed by atoms with Crippen molar-refractivity contribution in [3.05, 3.63) is 90.5 Å². The van der Waals surface area contributed by atoms with Crippen LogP contribution in [0.4, 0.5) is 16.2 Å². The number of urea groups is 1. The number of aliphatic hydroxyl groups is 1. The maximum Gasteiger partial charge on any atom is 0.323 e. The first-order chi connectivity index (χ1) is 22.0. The van der Waals surface area contributed by atoms with Crippen LogP contribution in [-0.2, 0) is 10.0 Å². The molecule has 4 aromatic rings. The SMILES string of the molecule is COc1ccc(S(=O)(=O)N(C)C[C@@H]2Oc3c(NC(=O)Nc4cccc5ccccc45)cccc3C(=O)N([C@H](C)CO)C[C@H]2C)cc1. The summed E-state index contributed by atoms with van der Waals surface area (Å²) in [4.78, 5) is 28.8. The Morgan fingerprint density at radius 2 is 1.67 bits per heavy atom. The predicted molar refractivity (Wildman–Crippen MR) is 177 cm³/mol. The lowest BCUT2D eigenvalue weighted by Gasteiger charge is -2.38. The molecule has 0 fully saturated rings. The van der Waals surface area contributed by atoms with Gasteiger partial charge >= 0.3 is 6.03 Å². The molecule has 4 aromatic carbocycles. The van der Waals surface area contributed by atoms with E-state index in [1.807, 2.05) is 43.3 Å². The van der Waals surface area contributed by atoms with Crippen molar-refractivity contribution in [2.45, 2.75) is 30.9 Å². The fourth-order valence-corrected chi connectivity index (χ4v) is 6.63. The van der Waals surface area contributed by atoms with Crippen LogP contribution in [0.15, 0.2) is 89.8 Å². The molecule has 0 aliphatic carbocycles. The summed E-state index contributed by atoms with van der Waals surface area (Å²) in [5.41, 5.74) is 1.02. The molecule has 0 unspecified atom stereocenters. The van der Waals surface area contributed by atoms with Gasteiger partial charge in [0.25, 0.3) is 5.91 Å². The number of hydrogen-bond acceptors (Lipinski definition) is 7. The molecular weight excluding hydrogens is 608 g/mol. The molecule has 3 N–H and O–H groups in total. The number of carbonyl (C=O) groups excluding carboxylic acids is 2. The summed E-state index contributed by atoms with van der Waals surface area (Å²) in [7, 11) is -0.943. The van der Waals surface area contributed by atoms with Crippen LogP contribution in [0.25, 0.3) is 10.8 Å². The van der Waals surface area contributed by atoms with Gasteiger partial charge in [0.15, 0.2) is 5.75 Å². The monoisotopic (exact) mass is 646 g/mol. The van der Waals surface area contributed by atoms with Gasteiger partial charge in [-0.05, 0) is 54.8 Å². The van der Waals surface area contributed by atoms with Gasteiger partial charge in [0, 0.05) is 24.9 Å². The van der Waals surface area contributed by atoms with E-state index in [0.29, 0.717) is 11.4 Å². The standard InChI is InChI=1S/C34H38N4O7S/c1-22-19-38(23(2)21-39)33(40)28-12-8-14-30(36-34(41)35-29-13-7-10-24-9-5-6-11-27(24)29)32(28)45-31(22)20-37(3)46(42,43)26-17-15-25(44-4)16-18-26/h5-18,22-23,31,39H,19-21H2,1-4H3,(H2,35,36,41)/t22-,23-,31+/m1/s1. The number of methoxy groups -OCH3 is 1. The quantitative estimate of drug-likeness (QED) is 0.232. The molecule has 1 aliphatic heterocycles. The van der Waals surface area contributed by atoms with E-state index in [2.05, 4.69) is 10.6 Å². The van der Waals surface area contributed by atoms with Gasteiger partial charge in [-0.25, -0.2) is 13.2 Å². The Bertz CT molecular complexity index is 1830. The van der Waals surface area contributed by atoms with Crippen LogP contribution in [-0.4, -0.2) is 80.7 Å². The minimum atomic E-state index is -3.91. The summed E-state index contributed by atoms with van der Waals surface area (Å²) in [5, 5.41) is 17.5. The smallest absolute Gasteiger partial charge is 0.323 e. The van der Waals surface area contributed by atoms with Gasteiger partial charge < -0.3 is 30.1 Å². The predicted octanol–water partition coefficient (Wildman–Crippen LogP) is 5.03. The molecule has 3 amide bonds. The number of aliphatic hydroxyl groups excluding tert-OH is 1. The Labute approximate surface area is 268 Å². The molecule has 0 saturated carbocycles. The Kier molecular flexibility index (Phi) is 9.80. The van der Waals surface area contributed by atoms with Gasteiger partial charge in [-0.15, -0.1) is 0 Å². The lowest BCUT2D eigenvalue weighted by Crippen LogP contribution is -2.50. The maximum atomic E-state index is 13.8. The minimum Gasteiger partial charge on any atom is -0.497 e. The summed E-state index contributed by atoms with van der Waals surface area (Å²) in [6.07, 6.45) is -0.734. The highest BCUT2D eigenvalue weighted by atomic mass is 32.2. The summed E-state index contributed by atoms with van der Waals surface area (Å²) in [6, 6.07) is 23.1. The van der Waals surface area contributed by atoms with E-state index in [9.17, 15) is 23.1 Å². The van der Waals surface area contributed by atoms with Gasteiger partial charge in [0.2, 0.25) is 10.0 Å². The first-order valence-corrected chi connectivity index (χ1v) is 16.3. The lowest BCUT2D eigenvalue weighted by atomic mass is 9.99. The van der Waals surface area contributed by atoms with Crippen molar-refractivity contribution in [2.75, 3.05) is 44.5 Å². The molecule has 46 heavy (non-hydrogen) atoms. The van der Waals surface area contributed by atoms with Crippen LogP contribution in [0.5, 0.6) is 11.5 Å². The van der Waals surface area contributed by atoms with Crippen LogP contribution in [0.2, 0.25) is 0 Å². The zero-order valence-electron chi connectivity index (χ0n) is 26.1. The molecule has 11 nitrogen and oxygen atoms in total. The number of rotatable bonds is 9. The largest absolute Gasteiger partial charge is 0.497 e. The third-order valence-corrected chi connectivity index (χ3v) is 10.0. The number of benzene rings is 4. The molecule has 0 bridgehead atoms. The van der Waals surface area contributed by atoms with Crippen molar-refractivity contribution >= 4 is 44.1 Å². The number of hydrogen-bond donors (Lipinski definition) is 3. The van der Waals surface area contributed by atoms with Gasteiger partial charge in [-0.2, -0.15) is 4.31 Å². The van der Waals surface area contributed by atoms with Crippen LogP contribution >= 0.6 is 0 Å². The van der Waals surface area contributed by atoms with Crippen molar-refractivity contribution < 1.29 is 32.6 Å². The molecule has 0 radical (unpaired) electrons. The Morgan fingerprint density at radius 1 is 1.02 bits per heavy atom. The fraction of sp³-hybridized carbons (Fsp3) is 0.294. The molecule has 3 atom stereocenters. The van der Waals surface area contributed by atoms with E-state index in [0.717, 1.165) is 10.8 Å². The van der Waals surface area contributed by atoms with Crippen molar-refractivity contribution in [1.29, 1.82) is 0 Å². The van der Waals surface area contributed by atoms with Crippen molar-refractivity contribution in [2.24, 2.45) is 5.92 Å². The van der Waals surface area contributed by atoms with E-state index >= 15 is 0 Å². The first kappa shape index (κ1) is 32.7. The number of anilines is 2. The third-order valence-electron chi connectivity index (χ3n) is 8.18. The fourth-order valence-electron chi connectivity index (χ4n) is 5.45. The number of para-hydroxylation sites is 1. The molecule has 0 saturated heterocycles. The maximum absolute atomic E-state index is 13.8. The molecule has 0 aromatic heterocycles. The number of fused-ring (bicyclic) bond motifs is 2. The second-order valence-corrected chi connectivity index (χ2v) is 13.4. The molecule has 1 aliphatic rings. The number of ether oxygens (including phenoxy) is 2. The van der Waals surface area contributed by atoms with Crippen LogP contribution in [0.3, 0.4) is 0 Å². The van der Waals surface area contributed by atoms with Crippen LogP contribution in [0, 0.1) is 5.92 Å². The summed E-state index contributed by atoms with van der Waals surface area (Å²) < 4.78 is 39.9. The number of nitrogens with zero attached hydrogens (tertiary/aromatic N) is 2. The number of carbonyl (C=O) groups is 2. The highest BCUT2D eigenvalue weighted by Gasteiger charge is 2.36. The zero-order chi connectivity index (χ0) is 33.0. The summed E-state index contributed by atoms with van der Waals surface area (Å²) in [5.74, 6) is -0.0960. The van der Waals surface area contributed by atoms with Gasteiger partial charge in [-0.1, -0.05) is 49.4 Å². The molecule has 5 rings (SSSR count). The second-order valence-electron chi connectivity index (χ2n) is 11.4. The van der Waals surface area contributed by atoms with E-state index < -0.39 is 28.2 Å². The van der Waals surface area contributed by atoms with Crippen LogP contribution in [0.1, 0.15) is 24.2 Å². The van der Waals surface area contributed by atoms with Crippen LogP contribution < -0.4 is 20.1 Å². The molecular formula is C34H38N4O7S.